The van der Waals surface area contributed by atoms with Crippen molar-refractivity contribution in [1.29, 1.82) is 0 Å². The van der Waals surface area contributed by atoms with Crippen LogP contribution in [0.15, 0.2) is 5.70 Å². The van der Waals surface area contributed by atoms with E-state index < -0.39 is 0 Å². The molecule has 1 N–H and O–H groups in total. The van der Waals surface area contributed by atoms with Crippen LogP contribution in [-0.4, -0.2) is 37.0 Å². The first-order valence-corrected chi connectivity index (χ1v) is 3.58. The fraction of sp³-hybridized carbons (Fsp3) is 0.714. The number of hydrogen-bond acceptors (Lipinski definition) is 3. The third-order valence-corrected chi connectivity index (χ3v) is 1.73. The predicted molar refractivity (Wildman–Crippen MR) is 39.3 cm³/mol. The van der Waals surface area contributed by atoms with E-state index in [4.69, 9.17) is 0 Å². The van der Waals surface area contributed by atoms with Crippen molar-refractivity contribution >= 4 is 5.94 Å². The van der Waals surface area contributed by atoms with E-state index in [0.29, 0.717) is 6.54 Å². The molecule has 0 radical (unpaired) electrons. The molecule has 0 aliphatic carbocycles. The summed E-state index contributed by atoms with van der Waals surface area (Å²) in [6.45, 7) is 5.53. The molecular weight excluding hydrogens is 128 g/mol. The van der Waals surface area contributed by atoms with Crippen molar-refractivity contribution < 1.29 is 4.79 Å². The minimum absolute atomic E-state index is 0.678. The molecule has 1 fully saturated rings. The van der Waals surface area contributed by atoms with Crippen LogP contribution in [0.25, 0.3) is 0 Å². The smallest absolute Gasteiger partial charge is 0.147 e. The summed E-state index contributed by atoms with van der Waals surface area (Å²) < 4.78 is 0. The molecule has 1 rings (SSSR count). The van der Waals surface area contributed by atoms with Gasteiger partial charge in [-0.3, -0.25) is 0 Å². The monoisotopic (exact) mass is 140 g/mol. The second-order valence-electron chi connectivity index (χ2n) is 2.31. The lowest BCUT2D eigenvalue weighted by Gasteiger charge is -2.28. The minimum atomic E-state index is 0.678. The van der Waals surface area contributed by atoms with Gasteiger partial charge in [-0.2, -0.15) is 0 Å². The van der Waals surface area contributed by atoms with Gasteiger partial charge in [-0.25, -0.2) is 4.79 Å². The van der Waals surface area contributed by atoms with E-state index in [0.717, 1.165) is 25.3 Å². The van der Waals surface area contributed by atoms with Gasteiger partial charge >= 0.3 is 0 Å². The summed E-state index contributed by atoms with van der Waals surface area (Å²) in [5, 5.41) is 3.11. The SMILES string of the molecule is CCN1CCNCC1=C=O. The molecule has 10 heavy (non-hydrogen) atoms. The molecule has 56 valence electrons. The maximum absolute atomic E-state index is 10.3. The number of nitrogens with one attached hydrogen (secondary N) is 1. The number of carbonyl (C=O) groups excluding carboxylic acids is 1. The van der Waals surface area contributed by atoms with Crippen LogP contribution in [0.4, 0.5) is 0 Å². The first-order chi connectivity index (χ1) is 4.88. The average molecular weight is 140 g/mol. The quantitative estimate of drug-likeness (QED) is 0.504. The lowest BCUT2D eigenvalue weighted by atomic mass is 10.3. The molecule has 1 aliphatic rings. The Hall–Kier alpha value is -0.790. The molecule has 0 atom stereocenters. The summed E-state index contributed by atoms with van der Waals surface area (Å²) in [5.74, 6) is 1.94. The van der Waals surface area contributed by atoms with E-state index in [1.54, 1.807) is 0 Å². The zero-order valence-electron chi connectivity index (χ0n) is 6.18. The molecule has 0 spiro atoms. The molecule has 3 heteroatoms. The second kappa shape index (κ2) is 3.40. The van der Waals surface area contributed by atoms with Gasteiger partial charge in [0, 0.05) is 26.2 Å². The lowest BCUT2D eigenvalue weighted by Crippen LogP contribution is -2.41. The molecule has 0 amide bonds. The Bertz CT molecular complexity index is 161. The van der Waals surface area contributed by atoms with E-state index in [1.165, 1.54) is 0 Å². The second-order valence-corrected chi connectivity index (χ2v) is 2.31. The number of rotatable bonds is 1. The third-order valence-electron chi connectivity index (χ3n) is 1.73. The number of nitrogens with zero attached hydrogens (tertiary/aromatic N) is 1. The zero-order chi connectivity index (χ0) is 7.40. The van der Waals surface area contributed by atoms with Crippen molar-refractivity contribution in [1.82, 2.24) is 10.2 Å². The van der Waals surface area contributed by atoms with Crippen LogP contribution in [-0.2, 0) is 4.79 Å². The first-order valence-electron chi connectivity index (χ1n) is 3.58. The standard InChI is InChI=1S/C7H12N2O/c1-2-9-4-3-8-5-7(9)6-10/h8H,2-5H2,1H3. The summed E-state index contributed by atoms with van der Waals surface area (Å²) in [6.07, 6.45) is 0. The number of hydrogen-bond donors (Lipinski definition) is 1. The first kappa shape index (κ1) is 7.32. The molecule has 0 unspecified atom stereocenters. The highest BCUT2D eigenvalue weighted by molar-refractivity contribution is 5.52. The van der Waals surface area contributed by atoms with Crippen LogP contribution in [0.2, 0.25) is 0 Å². The summed E-state index contributed by atoms with van der Waals surface area (Å²) in [4.78, 5) is 12.3. The highest BCUT2D eigenvalue weighted by Gasteiger charge is 2.12. The molecule has 0 aromatic rings. The highest BCUT2D eigenvalue weighted by atomic mass is 16.1. The summed E-state index contributed by atoms with van der Waals surface area (Å²) >= 11 is 0. The Morgan fingerprint density at radius 1 is 1.80 bits per heavy atom. The van der Waals surface area contributed by atoms with Crippen LogP contribution < -0.4 is 5.32 Å². The topological polar surface area (TPSA) is 32.3 Å². The van der Waals surface area contributed by atoms with Crippen molar-refractivity contribution in [2.45, 2.75) is 6.92 Å². The summed E-state index contributed by atoms with van der Waals surface area (Å²) in [7, 11) is 0. The van der Waals surface area contributed by atoms with Gasteiger partial charge in [-0.05, 0) is 6.92 Å². The number of piperazine rings is 1. The van der Waals surface area contributed by atoms with E-state index >= 15 is 0 Å². The molecule has 0 bridgehead atoms. The highest BCUT2D eigenvalue weighted by Crippen LogP contribution is 2.01. The minimum Gasteiger partial charge on any atom is -0.364 e. The van der Waals surface area contributed by atoms with Crippen molar-refractivity contribution in [2.75, 3.05) is 26.2 Å². The van der Waals surface area contributed by atoms with Crippen LogP contribution in [0.1, 0.15) is 6.92 Å². The normalized spacial score (nSPS) is 18.9. The van der Waals surface area contributed by atoms with Crippen molar-refractivity contribution in [2.24, 2.45) is 0 Å². The van der Waals surface area contributed by atoms with Crippen LogP contribution >= 0.6 is 0 Å². The van der Waals surface area contributed by atoms with Crippen molar-refractivity contribution in [3.63, 3.8) is 0 Å². The van der Waals surface area contributed by atoms with E-state index in [1.807, 2.05) is 17.8 Å². The fourth-order valence-corrected chi connectivity index (χ4v) is 1.12. The molecule has 1 saturated heterocycles. The largest absolute Gasteiger partial charge is 0.364 e. The molecular formula is C7H12N2O. The van der Waals surface area contributed by atoms with Crippen molar-refractivity contribution in [3.05, 3.63) is 5.70 Å². The molecule has 0 saturated carbocycles. The Balaban J connectivity index is 2.59. The summed E-state index contributed by atoms with van der Waals surface area (Å²) in [6, 6.07) is 0. The van der Waals surface area contributed by atoms with Gasteiger partial charge in [0.2, 0.25) is 0 Å². The molecule has 0 aromatic heterocycles. The van der Waals surface area contributed by atoms with Crippen LogP contribution in [0.3, 0.4) is 0 Å². The molecule has 1 aliphatic heterocycles. The third kappa shape index (κ3) is 1.38. The average Bonchev–Trinajstić information content (AvgIpc) is 2.04. The van der Waals surface area contributed by atoms with Gasteiger partial charge in [-0.15, -0.1) is 0 Å². The van der Waals surface area contributed by atoms with Gasteiger partial charge in [0.05, 0.1) is 0 Å². The van der Waals surface area contributed by atoms with Crippen molar-refractivity contribution in [3.8, 4) is 0 Å². The van der Waals surface area contributed by atoms with Gasteiger partial charge in [0.1, 0.15) is 11.6 Å². The molecule has 3 nitrogen and oxygen atoms in total. The van der Waals surface area contributed by atoms with E-state index in [9.17, 15) is 4.79 Å². The Morgan fingerprint density at radius 3 is 3.10 bits per heavy atom. The van der Waals surface area contributed by atoms with E-state index in [-0.39, 0.29) is 0 Å². The van der Waals surface area contributed by atoms with Gasteiger partial charge in [-0.1, -0.05) is 0 Å². The number of likely N-dealkylation sites (N-methyl/N-ethyl adjacent to an activating group) is 1. The maximum atomic E-state index is 10.3. The summed E-state index contributed by atoms with van der Waals surface area (Å²) in [5.41, 5.74) is 0.758. The van der Waals surface area contributed by atoms with Gasteiger partial charge in [0.25, 0.3) is 0 Å². The van der Waals surface area contributed by atoms with Crippen LogP contribution in [0, 0.1) is 0 Å². The lowest BCUT2D eigenvalue weighted by molar-refractivity contribution is 0.318. The fourth-order valence-electron chi connectivity index (χ4n) is 1.12. The molecule has 1 heterocycles. The van der Waals surface area contributed by atoms with Crippen LogP contribution in [0.5, 0.6) is 0 Å². The Kier molecular flexibility index (Phi) is 2.49. The Morgan fingerprint density at radius 2 is 2.60 bits per heavy atom. The van der Waals surface area contributed by atoms with E-state index in [2.05, 4.69) is 5.32 Å². The zero-order valence-corrected chi connectivity index (χ0v) is 6.18. The maximum Gasteiger partial charge on any atom is 0.147 e. The Labute approximate surface area is 60.7 Å². The predicted octanol–water partition coefficient (Wildman–Crippen LogP) is -0.373. The van der Waals surface area contributed by atoms with Gasteiger partial charge in [0.15, 0.2) is 0 Å². The van der Waals surface area contributed by atoms with Gasteiger partial charge < -0.3 is 10.2 Å². The molecule has 0 aromatic carbocycles.